The number of halogens is 2. The fourth-order valence-electron chi connectivity index (χ4n) is 4.50. The third-order valence-electron chi connectivity index (χ3n) is 6.35. The first kappa shape index (κ1) is 23.4. The molecule has 184 valence electrons. The number of anilines is 2. The normalized spacial score (nSPS) is 16.0. The molecule has 0 fully saturated rings. The molecule has 2 aliphatic heterocycles. The Bertz CT molecular complexity index is 1520. The average Bonchev–Trinajstić information content (AvgIpc) is 3.58. The first-order valence-electron chi connectivity index (χ1n) is 11.7. The summed E-state index contributed by atoms with van der Waals surface area (Å²) in [5.41, 5.74) is 5.04. The fourth-order valence-corrected chi connectivity index (χ4v) is 4.80. The summed E-state index contributed by atoms with van der Waals surface area (Å²) in [6, 6.07) is 28.5. The lowest BCUT2D eigenvalue weighted by Gasteiger charge is -2.24. The van der Waals surface area contributed by atoms with E-state index in [0.29, 0.717) is 27.7 Å². The topological polar surface area (TPSA) is 63.2 Å². The number of para-hydroxylation sites is 1. The zero-order chi connectivity index (χ0) is 25.4. The molecule has 6 nitrogen and oxygen atoms in total. The van der Waals surface area contributed by atoms with Gasteiger partial charge >= 0.3 is 0 Å². The number of benzene rings is 4. The van der Waals surface area contributed by atoms with E-state index in [4.69, 9.17) is 37.8 Å². The molecule has 4 aromatic rings. The number of ether oxygens (including phenoxy) is 2. The molecule has 2 heterocycles. The van der Waals surface area contributed by atoms with E-state index in [9.17, 15) is 4.79 Å². The molecular weight excluding hydrogens is 509 g/mol. The van der Waals surface area contributed by atoms with Gasteiger partial charge in [-0.3, -0.25) is 9.80 Å². The van der Waals surface area contributed by atoms with Crippen molar-refractivity contribution in [1.29, 1.82) is 0 Å². The quantitative estimate of drug-likeness (QED) is 0.294. The monoisotopic (exact) mass is 529 g/mol. The lowest BCUT2D eigenvalue weighted by Crippen LogP contribution is -2.19. The number of rotatable bonds is 5. The van der Waals surface area contributed by atoms with E-state index >= 15 is 0 Å². The van der Waals surface area contributed by atoms with Gasteiger partial charge in [0, 0.05) is 23.2 Å². The predicted octanol–water partition coefficient (Wildman–Crippen LogP) is 7.33. The molecule has 6 rings (SSSR count). The summed E-state index contributed by atoms with van der Waals surface area (Å²) in [5, 5.41) is 10.7. The molecule has 0 radical (unpaired) electrons. The van der Waals surface area contributed by atoms with Crippen molar-refractivity contribution in [1.82, 2.24) is 0 Å². The molecule has 0 saturated carbocycles. The van der Waals surface area contributed by atoms with Crippen molar-refractivity contribution in [2.45, 2.75) is 12.5 Å². The first-order valence-corrected chi connectivity index (χ1v) is 12.5. The van der Waals surface area contributed by atoms with E-state index < -0.39 is 0 Å². The van der Waals surface area contributed by atoms with Crippen LogP contribution in [0.3, 0.4) is 0 Å². The summed E-state index contributed by atoms with van der Waals surface area (Å²) in [6.45, 7) is 0.227. The Morgan fingerprint density at radius 1 is 0.865 bits per heavy atom. The van der Waals surface area contributed by atoms with Gasteiger partial charge in [-0.05, 0) is 66.2 Å². The van der Waals surface area contributed by atoms with Gasteiger partial charge in [-0.2, -0.15) is 5.10 Å². The van der Waals surface area contributed by atoms with Gasteiger partial charge in [-0.1, -0.05) is 53.5 Å². The molecule has 4 aromatic carbocycles. The molecule has 1 unspecified atom stereocenters. The zero-order valence-corrected chi connectivity index (χ0v) is 21.0. The number of carbonyl (C=O) groups excluding carboxylic acids is 1. The molecule has 37 heavy (non-hydrogen) atoms. The lowest BCUT2D eigenvalue weighted by atomic mass is 9.97. The summed E-state index contributed by atoms with van der Waals surface area (Å²) in [6.07, 6.45) is 0.679. The lowest BCUT2D eigenvalue weighted by molar-refractivity contribution is 0.102. The Hall–Kier alpha value is -4.00. The van der Waals surface area contributed by atoms with Crippen LogP contribution in [0.1, 0.15) is 33.9 Å². The van der Waals surface area contributed by atoms with Crippen molar-refractivity contribution >= 4 is 46.2 Å². The van der Waals surface area contributed by atoms with Crippen LogP contribution >= 0.6 is 23.2 Å². The SMILES string of the molecule is O=C(Nc1cccc(C2CC(c3ccc4c(c3)OCO4)=NN2c2ccccc2)c1)c1ccc(Cl)c(Cl)c1. The average molecular weight is 530 g/mol. The Morgan fingerprint density at radius 3 is 2.54 bits per heavy atom. The number of nitrogens with zero attached hydrogens (tertiary/aromatic N) is 2. The molecule has 1 atom stereocenters. The minimum absolute atomic E-state index is 0.0651. The maximum atomic E-state index is 12.9. The van der Waals surface area contributed by atoms with Crippen molar-refractivity contribution in [3.05, 3.63) is 118 Å². The highest BCUT2D eigenvalue weighted by atomic mass is 35.5. The maximum Gasteiger partial charge on any atom is 0.255 e. The molecular formula is C29H21Cl2N3O3. The third kappa shape index (κ3) is 4.73. The number of amides is 1. The van der Waals surface area contributed by atoms with Crippen molar-refractivity contribution in [2.24, 2.45) is 5.10 Å². The Balaban J connectivity index is 1.30. The largest absolute Gasteiger partial charge is 0.454 e. The van der Waals surface area contributed by atoms with Gasteiger partial charge in [0.25, 0.3) is 5.91 Å². The second-order valence-corrected chi connectivity index (χ2v) is 9.54. The van der Waals surface area contributed by atoms with Crippen LogP contribution in [-0.2, 0) is 0 Å². The van der Waals surface area contributed by atoms with Gasteiger partial charge < -0.3 is 14.8 Å². The number of hydrogen-bond acceptors (Lipinski definition) is 5. The third-order valence-corrected chi connectivity index (χ3v) is 7.09. The van der Waals surface area contributed by atoms with E-state index in [2.05, 4.69) is 5.32 Å². The second-order valence-electron chi connectivity index (χ2n) is 8.72. The van der Waals surface area contributed by atoms with Crippen LogP contribution in [0.25, 0.3) is 0 Å². The van der Waals surface area contributed by atoms with Gasteiger partial charge in [0.15, 0.2) is 11.5 Å². The van der Waals surface area contributed by atoms with Crippen molar-refractivity contribution in [3.8, 4) is 11.5 Å². The summed E-state index contributed by atoms with van der Waals surface area (Å²) in [4.78, 5) is 12.9. The molecule has 1 N–H and O–H groups in total. The summed E-state index contributed by atoms with van der Waals surface area (Å²) >= 11 is 12.1. The fraction of sp³-hybridized carbons (Fsp3) is 0.103. The molecule has 0 bridgehead atoms. The van der Waals surface area contributed by atoms with Crippen LogP contribution in [0.15, 0.2) is 96.1 Å². The van der Waals surface area contributed by atoms with Gasteiger partial charge in [0.05, 0.1) is 27.5 Å². The Labute approximate surface area is 224 Å². The van der Waals surface area contributed by atoms with E-state index in [0.717, 1.165) is 34.0 Å². The molecule has 2 aliphatic rings. The van der Waals surface area contributed by atoms with Crippen LogP contribution in [0.2, 0.25) is 10.0 Å². The number of hydrogen-bond donors (Lipinski definition) is 1. The molecule has 0 saturated heterocycles. The summed E-state index contributed by atoms with van der Waals surface area (Å²) in [5.74, 6) is 1.20. The minimum atomic E-state index is -0.264. The number of carbonyl (C=O) groups is 1. The summed E-state index contributed by atoms with van der Waals surface area (Å²) < 4.78 is 11.0. The Kier molecular flexibility index (Phi) is 6.20. The van der Waals surface area contributed by atoms with E-state index in [1.807, 2.05) is 77.8 Å². The molecule has 0 aliphatic carbocycles. The highest BCUT2D eigenvalue weighted by molar-refractivity contribution is 6.42. The van der Waals surface area contributed by atoms with Crippen molar-refractivity contribution in [3.63, 3.8) is 0 Å². The van der Waals surface area contributed by atoms with E-state index in [1.165, 1.54) is 0 Å². The first-order chi connectivity index (χ1) is 18.0. The standard InChI is InChI=1S/C29H21Cl2N3O3/c30-23-11-9-20(14-24(23)31)29(35)32-21-6-4-5-19(13-21)26-16-25(33-34(26)22-7-2-1-3-8-22)18-10-12-27-28(15-18)37-17-36-27/h1-15,26H,16-17H2,(H,32,35). The van der Waals surface area contributed by atoms with Gasteiger partial charge in [0.1, 0.15) is 0 Å². The highest BCUT2D eigenvalue weighted by Gasteiger charge is 2.31. The van der Waals surface area contributed by atoms with Crippen LogP contribution in [-0.4, -0.2) is 18.4 Å². The van der Waals surface area contributed by atoms with Crippen LogP contribution in [0, 0.1) is 0 Å². The van der Waals surface area contributed by atoms with E-state index in [-0.39, 0.29) is 18.7 Å². The number of nitrogens with one attached hydrogen (secondary N) is 1. The number of fused-ring (bicyclic) bond motifs is 1. The van der Waals surface area contributed by atoms with Crippen LogP contribution < -0.4 is 19.8 Å². The van der Waals surface area contributed by atoms with Gasteiger partial charge in [-0.15, -0.1) is 0 Å². The second kappa shape index (κ2) is 9.81. The minimum Gasteiger partial charge on any atom is -0.454 e. The molecule has 0 aromatic heterocycles. The molecule has 1 amide bonds. The smallest absolute Gasteiger partial charge is 0.255 e. The van der Waals surface area contributed by atoms with Gasteiger partial charge in [-0.25, -0.2) is 0 Å². The molecule has 0 spiro atoms. The van der Waals surface area contributed by atoms with Crippen molar-refractivity contribution in [2.75, 3.05) is 17.1 Å². The molecule has 8 heteroatoms. The highest BCUT2D eigenvalue weighted by Crippen LogP contribution is 2.39. The Morgan fingerprint density at radius 2 is 1.70 bits per heavy atom. The van der Waals surface area contributed by atoms with Crippen molar-refractivity contribution < 1.29 is 14.3 Å². The summed E-state index contributed by atoms with van der Waals surface area (Å²) in [7, 11) is 0. The maximum absolute atomic E-state index is 12.9. The van der Waals surface area contributed by atoms with Crippen LogP contribution in [0.4, 0.5) is 11.4 Å². The van der Waals surface area contributed by atoms with Crippen LogP contribution in [0.5, 0.6) is 11.5 Å². The predicted molar refractivity (Wildman–Crippen MR) is 146 cm³/mol. The van der Waals surface area contributed by atoms with E-state index in [1.54, 1.807) is 18.2 Å². The van der Waals surface area contributed by atoms with Gasteiger partial charge in [0.2, 0.25) is 6.79 Å². The number of hydrazone groups is 1. The zero-order valence-electron chi connectivity index (χ0n) is 19.5.